The van der Waals surface area contributed by atoms with Crippen LogP contribution >= 0.6 is 0 Å². The Balaban J connectivity index is 3.24. The Morgan fingerprint density at radius 3 is 2.08 bits per heavy atom. The van der Waals surface area contributed by atoms with Gasteiger partial charge in [-0.3, -0.25) is 4.90 Å². The lowest BCUT2D eigenvalue weighted by atomic mass is 9.93. The Labute approximate surface area is 149 Å². The summed E-state index contributed by atoms with van der Waals surface area (Å²) in [6.07, 6.45) is -6.30. The van der Waals surface area contributed by atoms with E-state index in [0.717, 1.165) is 12.1 Å². The standard InChI is InChI=1S/C17H22F3NO5/c1-5-21(15(23)26-11(3)4)13-9-7-12(8-10-13)16(24,17(18,19)20)14(22)25-6-2/h7-11,24H,5-6H2,1-4H3. The van der Waals surface area contributed by atoms with Crippen LogP contribution in [0.5, 0.6) is 0 Å². The monoisotopic (exact) mass is 377 g/mol. The van der Waals surface area contributed by atoms with Gasteiger partial charge in [0.2, 0.25) is 0 Å². The maximum absolute atomic E-state index is 13.3. The molecule has 6 nitrogen and oxygen atoms in total. The van der Waals surface area contributed by atoms with Gasteiger partial charge < -0.3 is 14.6 Å². The molecule has 26 heavy (non-hydrogen) atoms. The van der Waals surface area contributed by atoms with Gasteiger partial charge >= 0.3 is 18.2 Å². The van der Waals surface area contributed by atoms with E-state index >= 15 is 0 Å². The van der Waals surface area contributed by atoms with Crippen LogP contribution in [0.4, 0.5) is 23.7 Å². The van der Waals surface area contributed by atoms with Crippen LogP contribution in [0, 0.1) is 0 Å². The summed E-state index contributed by atoms with van der Waals surface area (Å²) in [6, 6.07) is 4.23. The lowest BCUT2D eigenvalue weighted by Crippen LogP contribution is -2.50. The first-order chi connectivity index (χ1) is 12.0. The minimum Gasteiger partial charge on any atom is -0.463 e. The van der Waals surface area contributed by atoms with Gasteiger partial charge in [-0.05, 0) is 39.8 Å². The molecule has 0 saturated heterocycles. The van der Waals surface area contributed by atoms with Gasteiger partial charge in [-0.15, -0.1) is 0 Å². The number of nitrogens with zero attached hydrogens (tertiary/aromatic N) is 1. The van der Waals surface area contributed by atoms with E-state index in [4.69, 9.17) is 4.74 Å². The second-order valence-corrected chi connectivity index (χ2v) is 5.65. The average molecular weight is 377 g/mol. The zero-order valence-corrected chi connectivity index (χ0v) is 15.0. The number of anilines is 1. The lowest BCUT2D eigenvalue weighted by Gasteiger charge is -2.29. The summed E-state index contributed by atoms with van der Waals surface area (Å²) < 4.78 is 49.4. The Morgan fingerprint density at radius 2 is 1.69 bits per heavy atom. The highest BCUT2D eigenvalue weighted by Gasteiger charge is 2.62. The predicted octanol–water partition coefficient (Wildman–Crippen LogP) is 3.37. The molecular weight excluding hydrogens is 355 g/mol. The fourth-order valence-electron chi connectivity index (χ4n) is 2.20. The molecule has 1 N–H and O–H groups in total. The summed E-state index contributed by atoms with van der Waals surface area (Å²) in [5, 5.41) is 10.0. The molecule has 0 aliphatic heterocycles. The summed E-state index contributed by atoms with van der Waals surface area (Å²) in [5.74, 6) is -1.81. The van der Waals surface area contributed by atoms with Crippen molar-refractivity contribution in [1.82, 2.24) is 0 Å². The number of carbonyl (C=O) groups excluding carboxylic acids is 2. The van der Waals surface area contributed by atoms with Crippen molar-refractivity contribution in [3.05, 3.63) is 29.8 Å². The van der Waals surface area contributed by atoms with E-state index in [1.165, 1.54) is 24.0 Å². The predicted molar refractivity (Wildman–Crippen MR) is 87.7 cm³/mol. The van der Waals surface area contributed by atoms with Crippen LogP contribution in [0.25, 0.3) is 0 Å². The molecule has 1 aromatic rings. The number of alkyl halides is 3. The van der Waals surface area contributed by atoms with Gasteiger partial charge in [0.15, 0.2) is 0 Å². The van der Waals surface area contributed by atoms with E-state index in [1.54, 1.807) is 20.8 Å². The van der Waals surface area contributed by atoms with Gasteiger partial charge in [0, 0.05) is 17.8 Å². The molecule has 146 valence electrons. The summed E-state index contributed by atoms with van der Waals surface area (Å²) in [7, 11) is 0. The van der Waals surface area contributed by atoms with Crippen LogP contribution < -0.4 is 4.90 Å². The number of hydrogen-bond donors (Lipinski definition) is 1. The fraction of sp³-hybridized carbons (Fsp3) is 0.529. The Morgan fingerprint density at radius 1 is 1.15 bits per heavy atom. The first-order valence-electron chi connectivity index (χ1n) is 8.04. The minimum atomic E-state index is -5.28. The molecular formula is C17H22F3NO5. The van der Waals surface area contributed by atoms with E-state index < -0.39 is 29.4 Å². The highest BCUT2D eigenvalue weighted by molar-refractivity contribution is 5.88. The molecule has 0 fully saturated rings. The highest BCUT2D eigenvalue weighted by Crippen LogP contribution is 2.40. The fourth-order valence-corrected chi connectivity index (χ4v) is 2.20. The largest absolute Gasteiger partial charge is 0.463 e. The first kappa shape index (κ1) is 21.8. The van der Waals surface area contributed by atoms with Gasteiger partial charge in [-0.2, -0.15) is 13.2 Å². The van der Waals surface area contributed by atoms with E-state index in [2.05, 4.69) is 4.74 Å². The number of ether oxygens (including phenoxy) is 2. The zero-order valence-electron chi connectivity index (χ0n) is 15.0. The number of aliphatic hydroxyl groups is 1. The maximum Gasteiger partial charge on any atom is 0.432 e. The third-order valence-electron chi connectivity index (χ3n) is 3.45. The van der Waals surface area contributed by atoms with Gasteiger partial charge in [0.25, 0.3) is 5.60 Å². The minimum absolute atomic E-state index is 0.215. The van der Waals surface area contributed by atoms with Crippen molar-refractivity contribution in [1.29, 1.82) is 0 Å². The van der Waals surface area contributed by atoms with Crippen LogP contribution in [0.15, 0.2) is 24.3 Å². The summed E-state index contributed by atoms with van der Waals surface area (Å²) in [5.41, 5.74) is -4.24. The van der Waals surface area contributed by atoms with Crippen molar-refractivity contribution in [2.75, 3.05) is 18.1 Å². The second kappa shape index (κ2) is 8.39. The average Bonchev–Trinajstić information content (AvgIpc) is 2.53. The van der Waals surface area contributed by atoms with E-state index in [0.29, 0.717) is 0 Å². The topological polar surface area (TPSA) is 76.1 Å². The number of benzene rings is 1. The smallest absolute Gasteiger partial charge is 0.432 e. The van der Waals surface area contributed by atoms with Crippen LogP contribution in [-0.2, 0) is 19.9 Å². The third kappa shape index (κ3) is 4.46. The molecule has 0 bridgehead atoms. The van der Waals surface area contributed by atoms with Crippen LogP contribution in [0.3, 0.4) is 0 Å². The lowest BCUT2D eigenvalue weighted by molar-refractivity contribution is -0.267. The normalized spacial score (nSPS) is 13.9. The SMILES string of the molecule is CCOC(=O)C(O)(c1ccc(N(CC)C(=O)OC(C)C)cc1)C(F)(F)F. The molecule has 0 heterocycles. The molecule has 0 aliphatic rings. The van der Waals surface area contributed by atoms with Gasteiger partial charge in [-0.1, -0.05) is 12.1 Å². The first-order valence-corrected chi connectivity index (χ1v) is 8.04. The van der Waals surface area contributed by atoms with Gasteiger partial charge in [-0.25, -0.2) is 9.59 Å². The number of carbonyl (C=O) groups is 2. The van der Waals surface area contributed by atoms with E-state index in [1.807, 2.05) is 0 Å². The molecule has 0 aromatic heterocycles. The Bertz CT molecular complexity index is 630. The van der Waals surface area contributed by atoms with Crippen molar-refractivity contribution in [2.45, 2.75) is 45.6 Å². The van der Waals surface area contributed by atoms with Crippen LogP contribution in [-0.4, -0.2) is 42.6 Å². The molecule has 1 atom stereocenters. The molecule has 1 unspecified atom stereocenters. The molecule has 0 radical (unpaired) electrons. The number of hydrogen-bond acceptors (Lipinski definition) is 5. The number of rotatable bonds is 6. The van der Waals surface area contributed by atoms with Crippen LogP contribution in [0.2, 0.25) is 0 Å². The number of amides is 1. The zero-order chi connectivity index (χ0) is 20.1. The third-order valence-corrected chi connectivity index (χ3v) is 3.45. The molecule has 0 saturated carbocycles. The van der Waals surface area contributed by atoms with Gasteiger partial charge in [0.1, 0.15) is 0 Å². The van der Waals surface area contributed by atoms with Crippen LogP contribution in [0.1, 0.15) is 33.3 Å². The van der Waals surface area contributed by atoms with Gasteiger partial charge in [0.05, 0.1) is 12.7 Å². The van der Waals surface area contributed by atoms with Crippen molar-refractivity contribution in [3.63, 3.8) is 0 Å². The molecule has 0 aliphatic carbocycles. The summed E-state index contributed by atoms with van der Waals surface area (Å²) in [4.78, 5) is 25.0. The van der Waals surface area contributed by atoms with E-state index in [9.17, 15) is 27.9 Å². The van der Waals surface area contributed by atoms with E-state index in [-0.39, 0.29) is 24.9 Å². The Kier molecular flexibility index (Phi) is 7.02. The summed E-state index contributed by atoms with van der Waals surface area (Å²) in [6.45, 7) is 6.22. The molecule has 1 aromatic carbocycles. The van der Waals surface area contributed by atoms with Crippen molar-refractivity contribution in [3.8, 4) is 0 Å². The molecule has 1 rings (SSSR count). The highest BCUT2D eigenvalue weighted by atomic mass is 19.4. The number of esters is 1. The van der Waals surface area contributed by atoms with Crippen molar-refractivity contribution < 1.29 is 37.3 Å². The summed E-state index contributed by atoms with van der Waals surface area (Å²) >= 11 is 0. The molecule has 0 spiro atoms. The Hall–Kier alpha value is -2.29. The van der Waals surface area contributed by atoms with Crippen molar-refractivity contribution >= 4 is 17.7 Å². The molecule has 1 amide bonds. The quantitative estimate of drug-likeness (QED) is 0.770. The van der Waals surface area contributed by atoms with Crippen molar-refractivity contribution in [2.24, 2.45) is 0 Å². The second-order valence-electron chi connectivity index (χ2n) is 5.65. The molecule has 9 heteroatoms. The number of halogens is 3. The maximum atomic E-state index is 13.3.